The summed E-state index contributed by atoms with van der Waals surface area (Å²) >= 11 is 0. The Balaban J connectivity index is 1.34. The van der Waals surface area contributed by atoms with Crippen molar-refractivity contribution in [2.45, 2.75) is 38.7 Å². The third-order valence-electron chi connectivity index (χ3n) is 5.47. The molecule has 0 aliphatic rings. The number of esters is 1. The smallest absolute Gasteiger partial charge is 0.338 e. The highest BCUT2D eigenvalue weighted by Gasteiger charge is 2.20. The molecule has 1 unspecified atom stereocenters. The number of aromatic nitrogens is 3. The number of rotatable bonds is 8. The Morgan fingerprint density at radius 2 is 1.70 bits per heavy atom. The minimum atomic E-state index is -3.89. The van der Waals surface area contributed by atoms with E-state index in [1.54, 1.807) is 31.2 Å². The van der Waals surface area contributed by atoms with Crippen LogP contribution in [0.2, 0.25) is 0 Å². The molecule has 192 valence electrons. The number of sulfonamides is 1. The maximum atomic E-state index is 12.5. The van der Waals surface area contributed by atoms with Crippen LogP contribution in [0.15, 0.2) is 64.0 Å². The van der Waals surface area contributed by atoms with Crippen LogP contribution in [-0.4, -0.2) is 41.5 Å². The van der Waals surface area contributed by atoms with E-state index < -0.39 is 28.0 Å². The van der Waals surface area contributed by atoms with Gasteiger partial charge in [0.1, 0.15) is 11.6 Å². The van der Waals surface area contributed by atoms with Gasteiger partial charge in [0.05, 0.1) is 16.2 Å². The Hall–Kier alpha value is -4.45. The molecule has 0 radical (unpaired) electrons. The highest BCUT2D eigenvalue weighted by molar-refractivity contribution is 7.92. The molecular weight excluding hydrogens is 498 g/mol. The molecule has 12 heteroatoms. The van der Waals surface area contributed by atoms with Crippen molar-refractivity contribution in [3.05, 3.63) is 77.3 Å². The molecule has 4 aromatic rings. The van der Waals surface area contributed by atoms with E-state index in [1.165, 1.54) is 37.3 Å². The van der Waals surface area contributed by atoms with Crippen LogP contribution in [0.5, 0.6) is 0 Å². The number of hydrogen-bond donors (Lipinski definition) is 3. The summed E-state index contributed by atoms with van der Waals surface area (Å²) < 4.78 is 37.4. The van der Waals surface area contributed by atoms with Gasteiger partial charge in [0.25, 0.3) is 15.9 Å². The minimum Gasteiger partial charge on any atom is -0.449 e. The van der Waals surface area contributed by atoms with Crippen molar-refractivity contribution < 1.29 is 27.3 Å². The molecule has 0 saturated heterocycles. The molecule has 1 atom stereocenters. The maximum absolute atomic E-state index is 12.5. The molecule has 0 bridgehead atoms. The first-order valence-corrected chi connectivity index (χ1v) is 12.7. The van der Waals surface area contributed by atoms with Gasteiger partial charge in [-0.05, 0) is 64.1 Å². The monoisotopic (exact) mass is 523 g/mol. The van der Waals surface area contributed by atoms with E-state index in [2.05, 4.69) is 25.2 Å². The Kier molecular flexibility index (Phi) is 7.11. The van der Waals surface area contributed by atoms with Crippen LogP contribution in [0.25, 0.3) is 11.4 Å². The third kappa shape index (κ3) is 6.04. The number of nitrogens with zero attached hydrogens (tertiary/aromatic N) is 2. The fraction of sp³-hybridized carbons (Fsp3) is 0.200. The van der Waals surface area contributed by atoms with E-state index in [9.17, 15) is 18.0 Å². The first-order valence-electron chi connectivity index (χ1n) is 11.2. The van der Waals surface area contributed by atoms with Gasteiger partial charge in [-0.25, -0.2) is 18.2 Å². The van der Waals surface area contributed by atoms with Gasteiger partial charge < -0.3 is 19.6 Å². The molecule has 11 nitrogen and oxygen atoms in total. The normalized spacial score (nSPS) is 12.1. The molecule has 3 N–H and O–H groups in total. The van der Waals surface area contributed by atoms with Crippen LogP contribution in [-0.2, 0) is 19.6 Å². The molecule has 1 amide bonds. The van der Waals surface area contributed by atoms with Crippen molar-refractivity contribution >= 4 is 33.4 Å². The van der Waals surface area contributed by atoms with Crippen molar-refractivity contribution in [3.8, 4) is 11.4 Å². The van der Waals surface area contributed by atoms with Crippen molar-refractivity contribution in [3.63, 3.8) is 0 Å². The number of aromatic amines is 1. The van der Waals surface area contributed by atoms with Crippen molar-refractivity contribution in [2.75, 3.05) is 10.0 Å². The van der Waals surface area contributed by atoms with Gasteiger partial charge in [-0.1, -0.05) is 17.3 Å². The van der Waals surface area contributed by atoms with E-state index in [0.717, 1.165) is 17.0 Å². The molecule has 2 aromatic carbocycles. The minimum absolute atomic E-state index is 0.0334. The van der Waals surface area contributed by atoms with Crippen molar-refractivity contribution in [1.82, 2.24) is 15.1 Å². The van der Waals surface area contributed by atoms with E-state index in [0.29, 0.717) is 17.3 Å². The molecule has 0 spiro atoms. The number of hydrogen-bond acceptors (Lipinski definition) is 8. The summed E-state index contributed by atoms with van der Waals surface area (Å²) in [6.07, 6.45) is -1.09. The van der Waals surface area contributed by atoms with E-state index in [-0.39, 0.29) is 16.3 Å². The molecular formula is C25H25N5O6S. The Morgan fingerprint density at radius 3 is 2.27 bits per heavy atom. The topological polar surface area (TPSA) is 156 Å². The van der Waals surface area contributed by atoms with Crippen molar-refractivity contribution in [1.29, 1.82) is 0 Å². The van der Waals surface area contributed by atoms with Gasteiger partial charge in [-0.2, -0.15) is 0 Å². The maximum Gasteiger partial charge on any atom is 0.338 e. The van der Waals surface area contributed by atoms with Crippen LogP contribution >= 0.6 is 0 Å². The van der Waals surface area contributed by atoms with Crippen LogP contribution in [0, 0.1) is 20.8 Å². The zero-order chi connectivity index (χ0) is 26.7. The molecule has 0 saturated carbocycles. The number of carbonyl (C=O) groups excluding carboxylic acids is 2. The Bertz CT molecular complexity index is 1520. The molecule has 2 heterocycles. The first-order chi connectivity index (χ1) is 17.5. The molecule has 0 aliphatic heterocycles. The number of imidazole rings is 1. The Labute approximate surface area is 213 Å². The lowest BCUT2D eigenvalue weighted by Crippen LogP contribution is -2.30. The SMILES string of the molecule is Cc1cc(NS(=O)(=O)c2ccc(NC(=O)C(C)OC(=O)c3ccc(-c4nc(C)c(C)[nH]4)cc3)cc2)no1. The number of benzene rings is 2. The summed E-state index contributed by atoms with van der Waals surface area (Å²) in [7, 11) is -3.89. The average molecular weight is 524 g/mol. The lowest BCUT2D eigenvalue weighted by molar-refractivity contribution is -0.123. The number of carbonyl (C=O) groups is 2. The quantitative estimate of drug-likeness (QED) is 0.293. The molecule has 0 aliphatic carbocycles. The molecule has 37 heavy (non-hydrogen) atoms. The van der Waals surface area contributed by atoms with Crippen LogP contribution < -0.4 is 10.0 Å². The van der Waals surface area contributed by atoms with Crippen LogP contribution in [0.3, 0.4) is 0 Å². The van der Waals surface area contributed by atoms with Gasteiger partial charge in [-0.15, -0.1) is 0 Å². The van der Waals surface area contributed by atoms with Crippen LogP contribution in [0.4, 0.5) is 11.5 Å². The van der Waals surface area contributed by atoms with E-state index in [1.807, 2.05) is 13.8 Å². The second kappa shape index (κ2) is 10.3. The predicted molar refractivity (Wildman–Crippen MR) is 135 cm³/mol. The summed E-state index contributed by atoms with van der Waals surface area (Å²) in [4.78, 5) is 32.6. The molecule has 0 fully saturated rings. The fourth-order valence-electron chi connectivity index (χ4n) is 3.30. The van der Waals surface area contributed by atoms with Gasteiger partial charge in [0.15, 0.2) is 11.9 Å². The summed E-state index contributed by atoms with van der Waals surface area (Å²) in [6, 6.07) is 13.6. The lowest BCUT2D eigenvalue weighted by Gasteiger charge is -2.14. The zero-order valence-electron chi connectivity index (χ0n) is 20.5. The van der Waals surface area contributed by atoms with Gasteiger partial charge in [0, 0.05) is 23.0 Å². The first kappa shape index (κ1) is 25.6. The second-order valence-corrected chi connectivity index (χ2v) is 10.0. The molecule has 4 rings (SSSR count). The lowest BCUT2D eigenvalue weighted by atomic mass is 10.1. The Morgan fingerprint density at radius 1 is 1.03 bits per heavy atom. The summed E-state index contributed by atoms with van der Waals surface area (Å²) in [6.45, 7) is 6.92. The second-order valence-electron chi connectivity index (χ2n) is 8.36. The largest absolute Gasteiger partial charge is 0.449 e. The standard InChI is InChI=1S/C25H25N5O6S/c1-14-13-22(29-36-14)30-37(33,34)21-11-9-20(10-12-21)28-24(31)17(4)35-25(32)19-7-5-18(6-8-19)23-26-15(2)16(3)27-23/h5-13,17H,1-4H3,(H,26,27)(H,28,31)(H,29,30). The summed E-state index contributed by atoms with van der Waals surface area (Å²) in [5.41, 5.74) is 3.29. The van der Waals surface area contributed by atoms with Crippen molar-refractivity contribution in [2.24, 2.45) is 0 Å². The van der Waals surface area contributed by atoms with Gasteiger partial charge >= 0.3 is 5.97 Å². The number of ether oxygens (including phenoxy) is 1. The molecule has 2 aromatic heterocycles. The number of H-pyrrole nitrogens is 1. The predicted octanol–water partition coefficient (Wildman–Crippen LogP) is 3.97. The van der Waals surface area contributed by atoms with Crippen LogP contribution in [0.1, 0.15) is 34.4 Å². The summed E-state index contributed by atoms with van der Waals surface area (Å²) in [5, 5.41) is 6.20. The number of nitrogens with one attached hydrogen (secondary N) is 3. The zero-order valence-corrected chi connectivity index (χ0v) is 21.3. The average Bonchev–Trinajstić information content (AvgIpc) is 3.42. The van der Waals surface area contributed by atoms with Gasteiger partial charge in [-0.3, -0.25) is 9.52 Å². The number of aryl methyl sites for hydroxylation is 3. The highest BCUT2D eigenvalue weighted by atomic mass is 32.2. The fourth-order valence-corrected chi connectivity index (χ4v) is 4.29. The number of amides is 1. The number of anilines is 2. The highest BCUT2D eigenvalue weighted by Crippen LogP contribution is 2.20. The third-order valence-corrected chi connectivity index (χ3v) is 6.84. The van der Waals surface area contributed by atoms with Gasteiger partial charge in [0.2, 0.25) is 0 Å². The van der Waals surface area contributed by atoms with E-state index in [4.69, 9.17) is 9.26 Å². The van der Waals surface area contributed by atoms with E-state index >= 15 is 0 Å². The summed E-state index contributed by atoms with van der Waals surface area (Å²) in [5.74, 6) is -0.00614.